The van der Waals surface area contributed by atoms with Gasteiger partial charge in [0.05, 0.1) is 12.4 Å². The van der Waals surface area contributed by atoms with Crippen LogP contribution in [0.5, 0.6) is 6.01 Å². The molecule has 1 aromatic rings. The summed E-state index contributed by atoms with van der Waals surface area (Å²) >= 11 is 1.19. The SMILES string of the molecule is CCOc1nc(N)nc(SCC(=O)NC(C)C)n1. The molecule has 0 bridgehead atoms. The molecule has 1 rings (SSSR count). The van der Waals surface area contributed by atoms with Crippen LogP contribution in [0.25, 0.3) is 0 Å². The van der Waals surface area contributed by atoms with Gasteiger partial charge in [0.2, 0.25) is 11.9 Å². The molecule has 0 fully saturated rings. The van der Waals surface area contributed by atoms with Crippen LogP contribution in [-0.2, 0) is 4.79 Å². The normalized spacial score (nSPS) is 10.4. The summed E-state index contributed by atoms with van der Waals surface area (Å²) < 4.78 is 5.14. The molecule has 0 saturated carbocycles. The summed E-state index contributed by atoms with van der Waals surface area (Å²) in [7, 11) is 0. The summed E-state index contributed by atoms with van der Waals surface area (Å²) in [5.74, 6) is 0.236. The number of carbonyl (C=O) groups is 1. The molecular formula is C10H17N5O2S. The summed E-state index contributed by atoms with van der Waals surface area (Å²) in [4.78, 5) is 23.2. The third-order valence-electron chi connectivity index (χ3n) is 1.67. The average Bonchev–Trinajstić information content (AvgIpc) is 2.25. The maximum atomic E-state index is 11.5. The van der Waals surface area contributed by atoms with Gasteiger partial charge < -0.3 is 15.8 Å². The maximum Gasteiger partial charge on any atom is 0.322 e. The highest BCUT2D eigenvalue weighted by molar-refractivity contribution is 7.99. The van der Waals surface area contributed by atoms with Gasteiger partial charge in [0.15, 0.2) is 5.16 Å². The van der Waals surface area contributed by atoms with E-state index >= 15 is 0 Å². The van der Waals surface area contributed by atoms with Crippen LogP contribution in [-0.4, -0.2) is 39.3 Å². The van der Waals surface area contributed by atoms with Crippen molar-refractivity contribution < 1.29 is 9.53 Å². The van der Waals surface area contributed by atoms with Gasteiger partial charge in [0, 0.05) is 6.04 Å². The number of ether oxygens (including phenoxy) is 1. The van der Waals surface area contributed by atoms with Crippen molar-refractivity contribution in [3.8, 4) is 6.01 Å². The monoisotopic (exact) mass is 271 g/mol. The second kappa shape index (κ2) is 7.00. The van der Waals surface area contributed by atoms with Crippen LogP contribution in [0.3, 0.4) is 0 Å². The first-order valence-electron chi connectivity index (χ1n) is 5.57. The van der Waals surface area contributed by atoms with E-state index in [2.05, 4.69) is 20.3 Å². The Morgan fingerprint density at radius 3 is 2.78 bits per heavy atom. The van der Waals surface area contributed by atoms with Gasteiger partial charge in [0.25, 0.3) is 0 Å². The van der Waals surface area contributed by atoms with Crippen LogP contribution in [0, 0.1) is 0 Å². The number of nitrogen functional groups attached to an aromatic ring is 1. The molecule has 0 saturated heterocycles. The number of hydrogen-bond acceptors (Lipinski definition) is 7. The smallest absolute Gasteiger partial charge is 0.322 e. The molecule has 0 aliphatic heterocycles. The lowest BCUT2D eigenvalue weighted by atomic mass is 10.4. The summed E-state index contributed by atoms with van der Waals surface area (Å²) in [6.07, 6.45) is 0. The molecule has 0 aliphatic carbocycles. The third kappa shape index (κ3) is 5.17. The Kier molecular flexibility index (Phi) is 5.63. The summed E-state index contributed by atoms with van der Waals surface area (Å²) in [6, 6.07) is 0.289. The topological polar surface area (TPSA) is 103 Å². The molecule has 8 heteroatoms. The average molecular weight is 271 g/mol. The molecule has 100 valence electrons. The highest BCUT2D eigenvalue weighted by Crippen LogP contribution is 2.16. The van der Waals surface area contributed by atoms with Gasteiger partial charge in [-0.2, -0.15) is 15.0 Å². The molecule has 0 radical (unpaired) electrons. The van der Waals surface area contributed by atoms with E-state index in [9.17, 15) is 4.79 Å². The van der Waals surface area contributed by atoms with Crippen LogP contribution in [0.1, 0.15) is 20.8 Å². The zero-order valence-corrected chi connectivity index (χ0v) is 11.5. The molecule has 18 heavy (non-hydrogen) atoms. The molecular weight excluding hydrogens is 254 g/mol. The van der Waals surface area contributed by atoms with Crippen LogP contribution in [0.4, 0.5) is 5.95 Å². The second-order valence-corrected chi connectivity index (χ2v) is 4.65. The molecule has 1 aromatic heterocycles. The number of thioether (sulfide) groups is 1. The van der Waals surface area contributed by atoms with E-state index in [4.69, 9.17) is 10.5 Å². The van der Waals surface area contributed by atoms with Crippen molar-refractivity contribution in [1.29, 1.82) is 0 Å². The number of nitrogens with one attached hydrogen (secondary N) is 1. The quantitative estimate of drug-likeness (QED) is 0.725. The van der Waals surface area contributed by atoms with Crippen molar-refractivity contribution in [2.24, 2.45) is 0 Å². The van der Waals surface area contributed by atoms with Crippen LogP contribution in [0.15, 0.2) is 5.16 Å². The number of aromatic nitrogens is 3. The molecule has 1 heterocycles. The van der Waals surface area contributed by atoms with Gasteiger partial charge in [-0.15, -0.1) is 0 Å². The molecule has 3 N–H and O–H groups in total. The lowest BCUT2D eigenvalue weighted by molar-refractivity contribution is -0.119. The Balaban J connectivity index is 2.58. The predicted octanol–water partition coefficient (Wildman–Crippen LogP) is 0.469. The fourth-order valence-corrected chi connectivity index (χ4v) is 1.75. The predicted molar refractivity (Wildman–Crippen MR) is 69.4 cm³/mol. The molecule has 7 nitrogen and oxygen atoms in total. The van der Waals surface area contributed by atoms with Gasteiger partial charge >= 0.3 is 6.01 Å². The summed E-state index contributed by atoms with van der Waals surface area (Å²) in [5.41, 5.74) is 5.52. The number of amides is 1. The van der Waals surface area contributed by atoms with Crippen molar-refractivity contribution in [2.75, 3.05) is 18.1 Å². The van der Waals surface area contributed by atoms with E-state index in [-0.39, 0.29) is 29.7 Å². The molecule has 0 aromatic carbocycles. The molecule has 1 amide bonds. The number of carbonyl (C=O) groups excluding carboxylic acids is 1. The third-order valence-corrected chi connectivity index (χ3v) is 2.51. The van der Waals surface area contributed by atoms with Crippen LogP contribution in [0.2, 0.25) is 0 Å². The fraction of sp³-hybridized carbons (Fsp3) is 0.600. The van der Waals surface area contributed by atoms with E-state index in [1.54, 1.807) is 0 Å². The van der Waals surface area contributed by atoms with Crippen molar-refractivity contribution in [3.63, 3.8) is 0 Å². The number of hydrogen-bond donors (Lipinski definition) is 2. The Morgan fingerprint density at radius 2 is 2.17 bits per heavy atom. The molecule has 0 atom stereocenters. The second-order valence-electron chi connectivity index (χ2n) is 3.70. The highest BCUT2D eigenvalue weighted by atomic mass is 32.2. The Morgan fingerprint density at radius 1 is 1.44 bits per heavy atom. The minimum Gasteiger partial charge on any atom is -0.464 e. The van der Waals surface area contributed by atoms with Crippen LogP contribution >= 0.6 is 11.8 Å². The number of anilines is 1. The summed E-state index contributed by atoms with van der Waals surface area (Å²) in [6.45, 7) is 6.07. The van der Waals surface area contributed by atoms with E-state index in [1.165, 1.54) is 11.8 Å². The maximum absolute atomic E-state index is 11.5. The molecule has 0 spiro atoms. The van der Waals surface area contributed by atoms with Crippen molar-refractivity contribution in [2.45, 2.75) is 32.0 Å². The van der Waals surface area contributed by atoms with Gasteiger partial charge in [-0.05, 0) is 20.8 Å². The first-order chi connectivity index (χ1) is 8.51. The largest absolute Gasteiger partial charge is 0.464 e. The molecule has 0 aliphatic rings. The van der Waals surface area contributed by atoms with Crippen molar-refractivity contribution in [1.82, 2.24) is 20.3 Å². The van der Waals surface area contributed by atoms with E-state index in [0.29, 0.717) is 11.8 Å². The van der Waals surface area contributed by atoms with Gasteiger partial charge in [0.1, 0.15) is 0 Å². The van der Waals surface area contributed by atoms with Gasteiger partial charge in [-0.3, -0.25) is 4.79 Å². The lowest BCUT2D eigenvalue weighted by Crippen LogP contribution is -2.31. The first kappa shape index (κ1) is 14.5. The standard InChI is InChI=1S/C10H17N5O2S/c1-4-17-9-13-8(11)14-10(15-9)18-5-7(16)12-6(2)3/h6H,4-5H2,1-3H3,(H,12,16)(H2,11,13,14,15). The number of rotatable bonds is 6. The van der Waals surface area contributed by atoms with E-state index in [0.717, 1.165) is 0 Å². The van der Waals surface area contributed by atoms with Crippen molar-refractivity contribution in [3.05, 3.63) is 0 Å². The fourth-order valence-electron chi connectivity index (χ4n) is 1.10. The highest BCUT2D eigenvalue weighted by Gasteiger charge is 2.09. The Hall–Kier alpha value is -1.57. The molecule has 0 unspecified atom stereocenters. The lowest BCUT2D eigenvalue weighted by Gasteiger charge is -2.07. The number of nitrogens with two attached hydrogens (primary N) is 1. The number of nitrogens with zero attached hydrogens (tertiary/aromatic N) is 3. The zero-order chi connectivity index (χ0) is 13.5. The van der Waals surface area contributed by atoms with E-state index < -0.39 is 0 Å². The Bertz CT molecular complexity index is 413. The zero-order valence-electron chi connectivity index (χ0n) is 10.6. The van der Waals surface area contributed by atoms with Gasteiger partial charge in [-0.1, -0.05) is 11.8 Å². The first-order valence-corrected chi connectivity index (χ1v) is 6.56. The van der Waals surface area contributed by atoms with E-state index in [1.807, 2.05) is 20.8 Å². The summed E-state index contributed by atoms with van der Waals surface area (Å²) in [5, 5.41) is 3.15. The minimum atomic E-state index is -0.0769. The van der Waals surface area contributed by atoms with Crippen molar-refractivity contribution >= 4 is 23.6 Å². The van der Waals surface area contributed by atoms with Gasteiger partial charge in [-0.25, -0.2) is 0 Å². The van der Waals surface area contributed by atoms with Crippen LogP contribution < -0.4 is 15.8 Å². The minimum absolute atomic E-state index is 0.0769. The Labute approximate surface area is 110 Å².